The first kappa shape index (κ1) is 21.2. The predicted octanol–water partition coefficient (Wildman–Crippen LogP) is 5.13. The summed E-state index contributed by atoms with van der Waals surface area (Å²) in [6.45, 7) is 13.4. The van der Waals surface area contributed by atoms with Crippen LogP contribution in [0.3, 0.4) is 0 Å². The van der Waals surface area contributed by atoms with E-state index in [1.54, 1.807) is 16.4 Å². The summed E-state index contributed by atoms with van der Waals surface area (Å²) in [6, 6.07) is 16.6. The Labute approximate surface area is 170 Å². The highest BCUT2D eigenvalue weighted by Gasteiger charge is 2.51. The van der Waals surface area contributed by atoms with E-state index in [4.69, 9.17) is 4.43 Å². The lowest BCUT2D eigenvalue weighted by Gasteiger charge is -2.51. The summed E-state index contributed by atoms with van der Waals surface area (Å²) in [5, 5.41) is 0.0739. The number of hydrogen-bond donors (Lipinski definition) is 0. The van der Waals surface area contributed by atoms with E-state index in [9.17, 15) is 8.42 Å². The predicted molar refractivity (Wildman–Crippen MR) is 116 cm³/mol. The van der Waals surface area contributed by atoms with Crippen molar-refractivity contribution in [1.29, 1.82) is 0 Å². The van der Waals surface area contributed by atoms with Crippen LogP contribution in [-0.4, -0.2) is 33.7 Å². The quantitative estimate of drug-likeness (QED) is 0.634. The largest absolute Gasteiger partial charge is 0.411 e. The molecule has 2 aromatic rings. The van der Waals surface area contributed by atoms with Crippen molar-refractivity contribution in [3.8, 4) is 0 Å². The summed E-state index contributed by atoms with van der Waals surface area (Å²) in [4.78, 5) is 0.338. The van der Waals surface area contributed by atoms with Crippen LogP contribution in [-0.2, 0) is 14.4 Å². The van der Waals surface area contributed by atoms with E-state index in [0.29, 0.717) is 11.4 Å². The number of benzene rings is 2. The molecule has 0 bridgehead atoms. The van der Waals surface area contributed by atoms with Gasteiger partial charge in [0.05, 0.1) is 17.0 Å². The van der Waals surface area contributed by atoms with Gasteiger partial charge in [-0.2, -0.15) is 4.31 Å². The van der Waals surface area contributed by atoms with E-state index >= 15 is 0 Å². The van der Waals surface area contributed by atoms with Crippen LogP contribution in [0.5, 0.6) is 0 Å². The average Bonchev–Trinajstić information content (AvgIpc) is 2.58. The molecule has 6 heteroatoms. The van der Waals surface area contributed by atoms with Crippen LogP contribution in [0.4, 0.5) is 0 Å². The molecule has 1 heterocycles. The minimum atomic E-state index is -3.57. The first-order valence-electron chi connectivity index (χ1n) is 9.75. The zero-order chi connectivity index (χ0) is 20.7. The molecule has 1 aliphatic heterocycles. The standard InChI is InChI=1S/C22H31NO3SSi/c1-17-12-14-19(15-13-17)27(24,25)23-16-20(26-28(5,6)22(2,3)4)21(23)18-10-8-7-9-11-18/h7-15,20-21H,16H2,1-6H3/t20-,21+/m0/s1. The van der Waals surface area contributed by atoms with Crippen molar-refractivity contribution >= 4 is 18.3 Å². The zero-order valence-corrected chi connectivity index (χ0v) is 19.5. The van der Waals surface area contributed by atoms with Crippen molar-refractivity contribution in [2.24, 2.45) is 0 Å². The second-order valence-corrected chi connectivity index (χ2v) is 15.8. The topological polar surface area (TPSA) is 46.6 Å². The SMILES string of the molecule is Cc1ccc(S(=O)(=O)N2C[C@H](O[Si](C)(C)C(C)(C)C)[C@H]2c2ccccc2)cc1. The average molecular weight is 418 g/mol. The highest BCUT2D eigenvalue weighted by Crippen LogP contribution is 2.45. The van der Waals surface area contributed by atoms with E-state index in [-0.39, 0.29) is 17.2 Å². The van der Waals surface area contributed by atoms with Crippen molar-refractivity contribution in [2.75, 3.05) is 6.54 Å². The van der Waals surface area contributed by atoms with Crippen LogP contribution in [0.15, 0.2) is 59.5 Å². The van der Waals surface area contributed by atoms with E-state index < -0.39 is 18.3 Å². The molecule has 3 rings (SSSR count). The van der Waals surface area contributed by atoms with Gasteiger partial charge in [-0.1, -0.05) is 68.8 Å². The molecule has 0 spiro atoms. The number of aryl methyl sites for hydroxylation is 1. The van der Waals surface area contributed by atoms with Gasteiger partial charge in [0.25, 0.3) is 0 Å². The molecule has 0 radical (unpaired) electrons. The molecule has 2 atom stereocenters. The Morgan fingerprint density at radius 3 is 2.11 bits per heavy atom. The Balaban J connectivity index is 1.94. The van der Waals surface area contributed by atoms with Gasteiger partial charge in [-0.05, 0) is 42.8 Å². The third-order valence-corrected chi connectivity index (χ3v) is 12.4. The lowest BCUT2D eigenvalue weighted by atomic mass is 9.95. The molecule has 0 aromatic heterocycles. The van der Waals surface area contributed by atoms with Crippen LogP contribution in [0.2, 0.25) is 18.1 Å². The highest BCUT2D eigenvalue weighted by molar-refractivity contribution is 7.89. The van der Waals surface area contributed by atoms with Crippen LogP contribution in [0.25, 0.3) is 0 Å². The first-order chi connectivity index (χ1) is 12.9. The number of nitrogens with zero attached hydrogens (tertiary/aromatic N) is 1. The molecule has 0 N–H and O–H groups in total. The smallest absolute Gasteiger partial charge is 0.243 e. The first-order valence-corrected chi connectivity index (χ1v) is 14.1. The summed E-state index contributed by atoms with van der Waals surface area (Å²) >= 11 is 0. The third-order valence-electron chi connectivity index (χ3n) is 6.04. The summed E-state index contributed by atoms with van der Waals surface area (Å²) in [6.07, 6.45) is -0.122. The minimum absolute atomic E-state index is 0.0739. The molecule has 152 valence electrons. The lowest BCUT2D eigenvalue weighted by Crippen LogP contribution is -2.60. The fourth-order valence-electron chi connectivity index (χ4n) is 3.22. The summed E-state index contributed by atoms with van der Waals surface area (Å²) in [5.74, 6) is 0. The van der Waals surface area contributed by atoms with Gasteiger partial charge in [-0.3, -0.25) is 0 Å². The second kappa shape index (κ2) is 7.41. The Kier molecular flexibility index (Phi) is 5.62. The normalized spacial score (nSPS) is 21.4. The molecule has 0 unspecified atom stereocenters. The van der Waals surface area contributed by atoms with Gasteiger partial charge in [0.2, 0.25) is 10.0 Å². The maximum Gasteiger partial charge on any atom is 0.243 e. The van der Waals surface area contributed by atoms with Crippen LogP contribution in [0, 0.1) is 6.92 Å². The van der Waals surface area contributed by atoms with Crippen molar-refractivity contribution < 1.29 is 12.8 Å². The summed E-state index contributed by atoms with van der Waals surface area (Å²) < 4.78 is 34.8. The van der Waals surface area contributed by atoms with Crippen molar-refractivity contribution in [1.82, 2.24) is 4.31 Å². The van der Waals surface area contributed by atoms with Crippen LogP contribution in [0.1, 0.15) is 37.9 Å². The number of sulfonamides is 1. The molecule has 1 saturated heterocycles. The van der Waals surface area contributed by atoms with Gasteiger partial charge in [-0.25, -0.2) is 8.42 Å². The van der Waals surface area contributed by atoms with Crippen molar-refractivity contribution in [2.45, 2.75) is 62.9 Å². The highest BCUT2D eigenvalue weighted by atomic mass is 32.2. The zero-order valence-electron chi connectivity index (χ0n) is 17.6. The number of rotatable bonds is 5. The van der Waals surface area contributed by atoms with Gasteiger partial charge in [-0.15, -0.1) is 0 Å². The van der Waals surface area contributed by atoms with Gasteiger partial charge in [0.15, 0.2) is 8.32 Å². The summed E-state index contributed by atoms with van der Waals surface area (Å²) in [5.41, 5.74) is 2.02. The fraction of sp³-hybridized carbons (Fsp3) is 0.455. The molecule has 0 amide bonds. The molecular weight excluding hydrogens is 386 g/mol. The van der Waals surface area contributed by atoms with Gasteiger partial charge in [0, 0.05) is 6.54 Å². The molecule has 28 heavy (non-hydrogen) atoms. The second-order valence-electron chi connectivity index (χ2n) is 9.16. The maximum absolute atomic E-state index is 13.3. The molecular formula is C22H31NO3SSi. The third kappa shape index (κ3) is 3.96. The van der Waals surface area contributed by atoms with E-state index in [0.717, 1.165) is 11.1 Å². The fourth-order valence-corrected chi connectivity index (χ4v) is 6.18. The van der Waals surface area contributed by atoms with Crippen LogP contribution >= 0.6 is 0 Å². The van der Waals surface area contributed by atoms with E-state index in [2.05, 4.69) is 33.9 Å². The Morgan fingerprint density at radius 2 is 1.57 bits per heavy atom. The Morgan fingerprint density at radius 1 is 1.00 bits per heavy atom. The lowest BCUT2D eigenvalue weighted by molar-refractivity contribution is 0.000113. The van der Waals surface area contributed by atoms with Gasteiger partial charge >= 0.3 is 0 Å². The Hall–Kier alpha value is -1.47. The molecule has 1 aliphatic rings. The van der Waals surface area contributed by atoms with Crippen molar-refractivity contribution in [3.63, 3.8) is 0 Å². The molecule has 4 nitrogen and oxygen atoms in total. The van der Waals surface area contributed by atoms with Gasteiger partial charge in [0.1, 0.15) is 0 Å². The van der Waals surface area contributed by atoms with E-state index in [1.807, 2.05) is 49.4 Å². The minimum Gasteiger partial charge on any atom is -0.411 e. The molecule has 2 aromatic carbocycles. The maximum atomic E-state index is 13.3. The summed E-state index contributed by atoms with van der Waals surface area (Å²) in [7, 11) is -5.58. The number of hydrogen-bond acceptors (Lipinski definition) is 3. The molecule has 0 saturated carbocycles. The molecule has 1 fully saturated rings. The Bertz CT molecular complexity index is 919. The van der Waals surface area contributed by atoms with Gasteiger partial charge < -0.3 is 4.43 Å². The van der Waals surface area contributed by atoms with E-state index in [1.165, 1.54) is 0 Å². The van der Waals surface area contributed by atoms with Crippen LogP contribution < -0.4 is 0 Å². The molecule has 0 aliphatic carbocycles. The monoisotopic (exact) mass is 417 g/mol. The van der Waals surface area contributed by atoms with Crippen molar-refractivity contribution in [3.05, 3.63) is 65.7 Å².